The highest BCUT2D eigenvalue weighted by atomic mass is 28.3. The molecule has 29 rings (SSSR count). The van der Waals surface area contributed by atoms with Crippen LogP contribution in [0.15, 0.2) is 514 Å². The first-order valence-corrected chi connectivity index (χ1v) is 52.6. The molecule has 1 aliphatic heterocycles. The molecule has 0 radical (unpaired) electrons. The van der Waals surface area contributed by atoms with Crippen LogP contribution in [0, 0.1) is 0 Å². The van der Waals surface area contributed by atoms with Crippen LogP contribution in [0.2, 0.25) is 13.1 Å². The predicted molar refractivity (Wildman–Crippen MR) is 607 cm³/mol. The van der Waals surface area contributed by atoms with Crippen LogP contribution in [0.3, 0.4) is 0 Å². The van der Waals surface area contributed by atoms with E-state index in [4.69, 9.17) is 34.3 Å². The van der Waals surface area contributed by atoms with Crippen molar-refractivity contribution < 1.29 is 4.42 Å². The highest BCUT2D eigenvalue weighted by molar-refractivity contribution is 7.04. The van der Waals surface area contributed by atoms with Gasteiger partial charge in [0.25, 0.3) is 0 Å². The van der Waals surface area contributed by atoms with Crippen LogP contribution in [0.1, 0.15) is 0 Å². The number of hydrogen-bond acceptors (Lipinski definition) is 7. The topological polar surface area (TPSA) is 110 Å². The Kier molecular flexibility index (Phi) is 21.1. The number of fused-ring (bicyclic) bond motifs is 18. The van der Waals surface area contributed by atoms with Crippen molar-refractivity contribution in [2.45, 2.75) is 13.1 Å². The van der Waals surface area contributed by atoms with Crippen molar-refractivity contribution in [3.05, 3.63) is 510 Å². The normalized spacial score (nSPS) is 12.1. The van der Waals surface area contributed by atoms with Gasteiger partial charge in [0.05, 0.1) is 72.3 Å². The molecule has 11 nitrogen and oxygen atoms in total. The molecule has 0 N–H and O–H groups in total. The zero-order valence-corrected chi connectivity index (χ0v) is 80.9. The van der Waals surface area contributed by atoms with E-state index >= 15 is 0 Å². The number of para-hydroxylation sites is 8. The van der Waals surface area contributed by atoms with Crippen molar-refractivity contribution in [2.24, 2.45) is 0 Å². The molecule has 8 aromatic heterocycles. The number of benzene rings is 20. The molecule has 0 saturated heterocycles. The number of aromatic nitrogens is 10. The molecule has 0 amide bonds. The average molecular weight is 1880 g/mol. The zero-order valence-electron chi connectivity index (χ0n) is 79.9. The van der Waals surface area contributed by atoms with Crippen LogP contribution >= 0.6 is 0 Å². The van der Waals surface area contributed by atoms with E-state index in [9.17, 15) is 0 Å². The minimum Gasteiger partial charge on any atom is -0.438 e. The first-order valence-electron chi connectivity index (χ1n) is 49.6. The van der Waals surface area contributed by atoms with Gasteiger partial charge in [0, 0.05) is 99.2 Å². The number of furan rings is 1. The lowest BCUT2D eigenvalue weighted by Crippen LogP contribution is -2.50. The molecule has 0 atom stereocenters. The van der Waals surface area contributed by atoms with Crippen LogP contribution in [0.4, 0.5) is 0 Å². The molecule has 146 heavy (non-hydrogen) atoms. The minimum absolute atomic E-state index is 0.591. The van der Waals surface area contributed by atoms with Gasteiger partial charge in [0.2, 0.25) is 5.71 Å². The van der Waals surface area contributed by atoms with Gasteiger partial charge in [-0.25, -0.2) is 24.9 Å². The Bertz CT molecular complexity index is 9960. The second-order valence-corrected chi connectivity index (χ2v) is 42.1. The molecule has 0 bridgehead atoms. The van der Waals surface area contributed by atoms with E-state index < -0.39 is 8.07 Å². The second kappa shape index (κ2) is 35.9. The third-order valence-electron chi connectivity index (χ3n) is 28.9. The molecule has 28 aromatic rings. The summed E-state index contributed by atoms with van der Waals surface area (Å²) in [5.41, 5.74) is 36.7. The average Bonchev–Trinajstić information content (AvgIpc) is 1.56. The quantitative estimate of drug-likeness (QED) is 0.0997. The summed E-state index contributed by atoms with van der Waals surface area (Å²) in [5, 5.41) is 13.2. The Morgan fingerprint density at radius 2 is 0.541 bits per heavy atom. The number of rotatable bonds is 14. The Morgan fingerprint density at radius 3 is 1.07 bits per heavy atom. The maximum absolute atomic E-state index is 6.29. The van der Waals surface area contributed by atoms with Gasteiger partial charge < -0.3 is 22.7 Å². The Hall–Kier alpha value is -19.1. The van der Waals surface area contributed by atoms with Gasteiger partial charge in [-0.1, -0.05) is 401 Å². The molecule has 0 aliphatic carbocycles. The molecule has 12 heteroatoms. The Morgan fingerprint density at radius 1 is 0.199 bits per heavy atom. The lowest BCUT2D eigenvalue weighted by Gasteiger charge is -2.21. The molecule has 0 unspecified atom stereocenters. The standard InChI is InChI=1S/C48H35N3Si.C46H30N4.C40H25N3O/c1-52(2)43-27-13-12-24-39(43)46-47(52)45(33-18-8-4-9-19-33)49-48(50-46)36-21-14-20-35(30-36)38-25-15-26-42-44(38)40-31-34(32-16-6-3-7-17-32)28-29-41(40)51(42)37-22-10-5-11-23-37;1-4-16-31(17-5-1)46-47-43(45-44(48-46)38-25-11-13-28-40(38)50(45)35-22-8-3-9-23-35)33-19-14-18-32(30-33)36-26-15-29-41-42(36)37-24-10-12-27-39(37)49(41)34-20-6-2-7-21-34;1-3-13-26(14-4-1)38-37-32-20-8-10-24-35(32)44-40(37)42-39(41-38)28-16-11-15-27(25-28)30-21-12-23-34-36(30)31-19-7-9-22-33(31)43(34)29-17-5-2-6-18-29/h3-31H,1-2H3;1-30H;1-25H. The largest absolute Gasteiger partial charge is 0.438 e. The molecule has 0 spiro atoms. The third kappa shape index (κ3) is 14.7. The number of nitrogens with zero attached hydrogens (tertiary/aromatic N) is 10. The summed E-state index contributed by atoms with van der Waals surface area (Å²) in [6.07, 6.45) is 0. The molecule has 20 aromatic carbocycles. The highest BCUT2D eigenvalue weighted by Crippen LogP contribution is 2.48. The summed E-state index contributed by atoms with van der Waals surface area (Å²) in [6.45, 7) is 4.87. The molecule has 0 fully saturated rings. The molecule has 0 saturated carbocycles. The second-order valence-electron chi connectivity index (χ2n) is 37.8. The Labute approximate surface area is 843 Å². The predicted octanol–water partition coefficient (Wildman–Crippen LogP) is 33.2. The lowest BCUT2D eigenvalue weighted by molar-refractivity contribution is 0.653. The van der Waals surface area contributed by atoms with Crippen molar-refractivity contribution >= 4 is 128 Å². The molecular weight excluding hydrogens is 1790 g/mol. The van der Waals surface area contributed by atoms with Crippen LogP contribution in [0.5, 0.6) is 0 Å². The SMILES string of the molecule is C[Si]1(C)c2ccccc2-c2nc(-c3cccc(-c4cccc5c4c4cc(-c6ccccc6)ccc4n5-c4ccccc4)c3)nc(-c3ccccc3)c21.c1ccc(-c2nc(-c3cccc(-c4cccc5c4c4ccccc4n5-c4ccccc4)c3)c3c(n2)c2ccccc2n3-c2ccccc2)cc1.c1ccc(-c2nc(-c3cccc(-c4cccc5c4c4ccccc4n5-c4ccccc4)c3)nc3oc4ccccc4c23)cc1. The fourth-order valence-electron chi connectivity index (χ4n) is 22.4. The Balaban J connectivity index is 0.000000109. The summed E-state index contributed by atoms with van der Waals surface area (Å²) in [5.74, 6) is 2.10. The fourth-order valence-corrected chi connectivity index (χ4v) is 25.6. The number of hydrogen-bond donors (Lipinski definition) is 0. The van der Waals surface area contributed by atoms with Crippen LogP contribution in [-0.2, 0) is 0 Å². The van der Waals surface area contributed by atoms with Gasteiger partial charge in [-0.05, 0) is 182 Å². The third-order valence-corrected chi connectivity index (χ3v) is 32.4. The van der Waals surface area contributed by atoms with E-state index in [2.05, 4.69) is 486 Å². The van der Waals surface area contributed by atoms with Crippen LogP contribution in [0.25, 0.3) is 256 Å². The lowest BCUT2D eigenvalue weighted by atomic mass is 9.96. The molecule has 9 heterocycles. The van der Waals surface area contributed by atoms with Gasteiger partial charge in [0.1, 0.15) is 19.2 Å². The zero-order chi connectivity index (χ0) is 96.9. The van der Waals surface area contributed by atoms with Crippen LogP contribution < -0.4 is 10.4 Å². The van der Waals surface area contributed by atoms with Crippen molar-refractivity contribution in [1.82, 2.24) is 48.2 Å². The van der Waals surface area contributed by atoms with E-state index in [1.54, 1.807) is 0 Å². The fraction of sp³-hybridized carbons (Fsp3) is 0.0149. The summed E-state index contributed by atoms with van der Waals surface area (Å²) in [6, 6.07) is 180. The summed E-state index contributed by atoms with van der Waals surface area (Å²) < 4.78 is 15.7. The van der Waals surface area contributed by atoms with Gasteiger partial charge in [-0.2, -0.15) is 4.98 Å². The van der Waals surface area contributed by atoms with Gasteiger partial charge in [0.15, 0.2) is 17.5 Å². The van der Waals surface area contributed by atoms with Crippen molar-refractivity contribution in [1.29, 1.82) is 0 Å². The van der Waals surface area contributed by atoms with E-state index in [1.807, 2.05) is 54.6 Å². The van der Waals surface area contributed by atoms with Crippen molar-refractivity contribution in [3.8, 4) is 146 Å². The van der Waals surface area contributed by atoms with Crippen molar-refractivity contribution in [3.63, 3.8) is 0 Å². The highest BCUT2D eigenvalue weighted by Gasteiger charge is 2.42. The van der Waals surface area contributed by atoms with Gasteiger partial charge in [-0.3, -0.25) is 0 Å². The van der Waals surface area contributed by atoms with E-state index in [1.165, 1.54) is 109 Å². The molecule has 686 valence electrons. The summed E-state index contributed by atoms with van der Waals surface area (Å²) >= 11 is 0. The first kappa shape index (κ1) is 86.0. The maximum atomic E-state index is 6.29. The monoisotopic (exact) mass is 1880 g/mol. The van der Waals surface area contributed by atoms with Crippen LogP contribution in [-0.4, -0.2) is 56.2 Å². The molecular formula is C134H90N10OSi. The van der Waals surface area contributed by atoms with Gasteiger partial charge in [-0.15, -0.1) is 0 Å². The minimum atomic E-state index is -2.04. The summed E-state index contributed by atoms with van der Waals surface area (Å²) in [4.78, 5) is 31.6. The first-order chi connectivity index (χ1) is 72.2. The maximum Gasteiger partial charge on any atom is 0.231 e. The summed E-state index contributed by atoms with van der Waals surface area (Å²) in [7, 11) is -2.04. The smallest absolute Gasteiger partial charge is 0.231 e. The van der Waals surface area contributed by atoms with E-state index in [0.717, 1.165) is 140 Å². The van der Waals surface area contributed by atoms with Crippen molar-refractivity contribution in [2.75, 3.05) is 0 Å². The van der Waals surface area contributed by atoms with Gasteiger partial charge >= 0.3 is 0 Å². The van der Waals surface area contributed by atoms with E-state index in [0.29, 0.717) is 17.4 Å². The molecule has 1 aliphatic rings. The van der Waals surface area contributed by atoms with E-state index in [-0.39, 0.29) is 0 Å².